The van der Waals surface area contributed by atoms with Crippen molar-refractivity contribution in [3.05, 3.63) is 40.3 Å². The maximum absolute atomic E-state index is 5.88. The van der Waals surface area contributed by atoms with E-state index >= 15 is 0 Å². The average molecular weight is 270 g/mol. The molecule has 3 nitrogen and oxygen atoms in total. The highest BCUT2D eigenvalue weighted by Crippen LogP contribution is 2.26. The Morgan fingerprint density at radius 2 is 2.29 bits per heavy atom. The van der Waals surface area contributed by atoms with Crippen LogP contribution in [0.5, 0.6) is 11.5 Å². The molecule has 5 heteroatoms. The van der Waals surface area contributed by atoms with Crippen LogP contribution in [0.4, 0.5) is 0 Å². The third-order valence-corrected chi connectivity index (χ3v) is 3.31. The van der Waals surface area contributed by atoms with E-state index in [1.54, 1.807) is 30.2 Å². The lowest BCUT2D eigenvalue weighted by atomic mass is 10.2. The number of hydrogen-bond donors (Lipinski definition) is 0. The zero-order chi connectivity index (χ0) is 12.1. The Labute approximate surface area is 109 Å². The Morgan fingerprint density at radius 3 is 2.94 bits per heavy atom. The molecule has 0 radical (unpaired) electrons. The normalized spacial score (nSPS) is 10.2. The van der Waals surface area contributed by atoms with Gasteiger partial charge in [0.05, 0.1) is 23.4 Å². The minimum atomic E-state index is 0.398. The van der Waals surface area contributed by atoms with Gasteiger partial charge in [0, 0.05) is 11.8 Å². The minimum Gasteiger partial charge on any atom is -0.497 e. The topological polar surface area (TPSA) is 31.4 Å². The molecule has 0 atom stereocenters. The van der Waals surface area contributed by atoms with Crippen LogP contribution in [0.25, 0.3) is 0 Å². The van der Waals surface area contributed by atoms with E-state index in [4.69, 9.17) is 21.1 Å². The van der Waals surface area contributed by atoms with Gasteiger partial charge >= 0.3 is 0 Å². The molecule has 2 rings (SSSR count). The van der Waals surface area contributed by atoms with Crippen LogP contribution >= 0.6 is 22.9 Å². The van der Waals surface area contributed by atoms with Gasteiger partial charge in [-0.05, 0) is 18.2 Å². The van der Waals surface area contributed by atoms with E-state index < -0.39 is 0 Å². The molecule has 0 aliphatic carbocycles. The molecule has 0 spiro atoms. The van der Waals surface area contributed by atoms with Crippen molar-refractivity contribution >= 4 is 22.9 Å². The first-order valence-corrected chi connectivity index (χ1v) is 6.48. The number of thiazole rings is 1. The lowest BCUT2D eigenvalue weighted by Gasteiger charge is -2.10. The maximum Gasteiger partial charge on any atom is 0.124 e. The fraction of sp³-hybridized carbons (Fsp3) is 0.250. The van der Waals surface area contributed by atoms with E-state index in [2.05, 4.69) is 4.98 Å². The monoisotopic (exact) mass is 269 g/mol. The Balaban J connectivity index is 2.09. The van der Waals surface area contributed by atoms with Crippen molar-refractivity contribution < 1.29 is 9.47 Å². The zero-order valence-electron chi connectivity index (χ0n) is 9.35. The minimum absolute atomic E-state index is 0.398. The molecule has 1 aromatic carbocycles. The number of alkyl halides is 1. The maximum atomic E-state index is 5.88. The van der Waals surface area contributed by atoms with Gasteiger partial charge in [-0.25, -0.2) is 0 Å². The smallest absolute Gasteiger partial charge is 0.124 e. The van der Waals surface area contributed by atoms with Crippen LogP contribution in [0.3, 0.4) is 0 Å². The van der Waals surface area contributed by atoms with E-state index in [9.17, 15) is 0 Å². The molecule has 90 valence electrons. The molecule has 1 heterocycles. The first kappa shape index (κ1) is 12.2. The average Bonchev–Trinajstić information content (AvgIpc) is 2.89. The van der Waals surface area contributed by atoms with Gasteiger partial charge < -0.3 is 9.47 Å². The summed E-state index contributed by atoms with van der Waals surface area (Å²) in [5, 5.41) is 0. The van der Waals surface area contributed by atoms with E-state index in [0.29, 0.717) is 12.5 Å². The fourth-order valence-electron chi connectivity index (χ4n) is 1.39. The lowest BCUT2D eigenvalue weighted by Crippen LogP contribution is -1.96. The van der Waals surface area contributed by atoms with Crippen molar-refractivity contribution in [2.45, 2.75) is 12.5 Å². The van der Waals surface area contributed by atoms with Crippen molar-refractivity contribution in [2.24, 2.45) is 0 Å². The van der Waals surface area contributed by atoms with Crippen molar-refractivity contribution in [3.63, 3.8) is 0 Å². The van der Waals surface area contributed by atoms with Crippen LogP contribution in [0, 0.1) is 0 Å². The van der Waals surface area contributed by atoms with Crippen molar-refractivity contribution in [1.82, 2.24) is 4.98 Å². The fourth-order valence-corrected chi connectivity index (χ4v) is 2.10. The van der Waals surface area contributed by atoms with E-state index in [1.165, 1.54) is 0 Å². The van der Waals surface area contributed by atoms with Gasteiger partial charge in [-0.2, -0.15) is 0 Å². The van der Waals surface area contributed by atoms with E-state index in [1.807, 2.05) is 18.2 Å². The predicted octanol–water partition coefficient (Wildman–Crippen LogP) is 3.47. The molecule has 17 heavy (non-hydrogen) atoms. The number of methoxy groups -OCH3 is 1. The third kappa shape index (κ3) is 3.11. The van der Waals surface area contributed by atoms with Crippen LogP contribution in [-0.2, 0) is 12.5 Å². The highest BCUT2D eigenvalue weighted by Gasteiger charge is 2.05. The van der Waals surface area contributed by atoms with Gasteiger partial charge in [-0.1, -0.05) is 0 Å². The second kappa shape index (κ2) is 5.89. The Hall–Kier alpha value is -1.26. The Morgan fingerprint density at radius 1 is 1.41 bits per heavy atom. The second-order valence-electron chi connectivity index (χ2n) is 3.36. The number of aromatic nitrogens is 1. The summed E-state index contributed by atoms with van der Waals surface area (Å²) in [6.07, 6.45) is 1.80. The largest absolute Gasteiger partial charge is 0.497 e. The second-order valence-corrected chi connectivity index (χ2v) is 4.60. The third-order valence-electron chi connectivity index (χ3n) is 2.27. The summed E-state index contributed by atoms with van der Waals surface area (Å²) in [4.78, 5) is 5.08. The summed E-state index contributed by atoms with van der Waals surface area (Å²) in [5.74, 6) is 1.97. The molecule has 0 amide bonds. The van der Waals surface area contributed by atoms with Gasteiger partial charge in [-0.15, -0.1) is 22.9 Å². The zero-order valence-corrected chi connectivity index (χ0v) is 10.9. The Bertz CT molecular complexity index is 473. The molecule has 2 aromatic rings. The quantitative estimate of drug-likeness (QED) is 0.779. The van der Waals surface area contributed by atoms with Crippen LogP contribution in [0.1, 0.15) is 10.4 Å². The predicted molar refractivity (Wildman–Crippen MR) is 69.0 cm³/mol. The summed E-state index contributed by atoms with van der Waals surface area (Å²) in [6.45, 7) is 0.515. The summed E-state index contributed by atoms with van der Waals surface area (Å²) < 4.78 is 10.8. The Kier molecular flexibility index (Phi) is 4.23. The lowest BCUT2D eigenvalue weighted by molar-refractivity contribution is 0.306. The molecule has 1 aromatic heterocycles. The molecule has 0 fully saturated rings. The van der Waals surface area contributed by atoms with Crippen LogP contribution < -0.4 is 9.47 Å². The summed E-state index contributed by atoms with van der Waals surface area (Å²) in [6, 6.07) is 5.62. The number of hydrogen-bond acceptors (Lipinski definition) is 4. The summed E-state index contributed by atoms with van der Waals surface area (Å²) in [7, 11) is 1.63. The van der Waals surface area contributed by atoms with Gasteiger partial charge in [0.1, 0.15) is 18.1 Å². The van der Waals surface area contributed by atoms with Crippen molar-refractivity contribution in [2.75, 3.05) is 7.11 Å². The highest BCUT2D eigenvalue weighted by atomic mass is 35.5. The first-order valence-electron chi connectivity index (χ1n) is 5.06. The number of ether oxygens (including phenoxy) is 2. The highest BCUT2D eigenvalue weighted by molar-refractivity contribution is 7.09. The molecule has 0 N–H and O–H groups in total. The van der Waals surface area contributed by atoms with Gasteiger partial charge in [0.25, 0.3) is 0 Å². The molecular formula is C12H12ClNO2S. The molecule has 0 saturated heterocycles. The van der Waals surface area contributed by atoms with Gasteiger partial charge in [-0.3, -0.25) is 4.98 Å². The van der Waals surface area contributed by atoms with Gasteiger partial charge in [0.15, 0.2) is 0 Å². The molecule has 0 bridgehead atoms. The van der Waals surface area contributed by atoms with Gasteiger partial charge in [0.2, 0.25) is 0 Å². The number of halogens is 1. The SMILES string of the molecule is COc1ccc(OCc2cncs2)c(CCl)c1. The molecule has 0 aliphatic rings. The number of nitrogens with zero attached hydrogens (tertiary/aromatic N) is 1. The molecule has 0 saturated carbocycles. The van der Waals surface area contributed by atoms with E-state index in [0.717, 1.165) is 21.9 Å². The van der Waals surface area contributed by atoms with Crippen LogP contribution in [-0.4, -0.2) is 12.1 Å². The van der Waals surface area contributed by atoms with Crippen LogP contribution in [0.2, 0.25) is 0 Å². The van der Waals surface area contributed by atoms with Crippen molar-refractivity contribution in [1.29, 1.82) is 0 Å². The van der Waals surface area contributed by atoms with E-state index in [-0.39, 0.29) is 0 Å². The number of rotatable bonds is 5. The standard InChI is InChI=1S/C12H12ClNO2S/c1-15-10-2-3-12(9(4-10)5-13)16-7-11-6-14-8-17-11/h2-4,6,8H,5,7H2,1H3. The summed E-state index contributed by atoms with van der Waals surface area (Å²) in [5.41, 5.74) is 2.71. The van der Waals surface area contributed by atoms with Crippen LogP contribution in [0.15, 0.2) is 29.9 Å². The first-order chi connectivity index (χ1) is 8.33. The molecular weight excluding hydrogens is 258 g/mol. The summed E-state index contributed by atoms with van der Waals surface area (Å²) >= 11 is 7.45. The molecule has 0 unspecified atom stereocenters. The number of benzene rings is 1. The molecule has 0 aliphatic heterocycles. The van der Waals surface area contributed by atoms with Crippen molar-refractivity contribution in [3.8, 4) is 11.5 Å².